The van der Waals surface area contributed by atoms with Crippen LogP contribution in [0.3, 0.4) is 0 Å². The van der Waals surface area contributed by atoms with Gasteiger partial charge in [-0.05, 0) is 69.4 Å². The molecule has 0 saturated carbocycles. The first-order valence-corrected chi connectivity index (χ1v) is 11.3. The molecule has 3 aromatic rings. The minimum atomic E-state index is -0.478. The number of benzene rings is 2. The van der Waals surface area contributed by atoms with E-state index in [-0.39, 0.29) is 17.7 Å². The Morgan fingerprint density at radius 3 is 2.42 bits per heavy atom. The summed E-state index contributed by atoms with van der Waals surface area (Å²) in [6.07, 6.45) is 3.79. The molecule has 4 rings (SSSR count). The Bertz CT molecular complexity index is 1160. The summed E-state index contributed by atoms with van der Waals surface area (Å²) in [6, 6.07) is 11.0. The minimum absolute atomic E-state index is 0.208. The normalized spacial score (nSPS) is 15.0. The molecular weight excluding hydrogens is 421 g/mol. The Hall–Kier alpha value is -3.22. The van der Waals surface area contributed by atoms with Crippen molar-refractivity contribution in [1.82, 2.24) is 9.47 Å². The lowest BCUT2D eigenvalue weighted by atomic mass is 9.89. The second-order valence-electron chi connectivity index (χ2n) is 9.64. The predicted molar refractivity (Wildman–Crippen MR) is 129 cm³/mol. The van der Waals surface area contributed by atoms with E-state index in [1.807, 2.05) is 38.8 Å². The summed E-state index contributed by atoms with van der Waals surface area (Å²) in [5.41, 5.74) is 3.64. The Balaban J connectivity index is 1.49. The molecule has 0 aliphatic carbocycles. The van der Waals surface area contributed by atoms with Gasteiger partial charge < -0.3 is 24.3 Å². The molecule has 1 amide bonds. The second-order valence-corrected chi connectivity index (χ2v) is 9.64. The number of likely N-dealkylation sites (tertiary alicyclic amines) is 1. The van der Waals surface area contributed by atoms with E-state index in [1.165, 1.54) is 24.1 Å². The summed E-state index contributed by atoms with van der Waals surface area (Å²) < 4.78 is 26.4. The number of aromatic nitrogens is 1. The van der Waals surface area contributed by atoms with Crippen LogP contribution < -0.4 is 10.1 Å². The molecule has 33 heavy (non-hydrogen) atoms. The van der Waals surface area contributed by atoms with E-state index >= 15 is 0 Å². The molecule has 7 heteroatoms. The zero-order valence-electron chi connectivity index (χ0n) is 19.9. The van der Waals surface area contributed by atoms with Crippen molar-refractivity contribution in [3.63, 3.8) is 0 Å². The van der Waals surface area contributed by atoms with Crippen molar-refractivity contribution in [2.45, 2.75) is 45.1 Å². The molecule has 176 valence electrons. The van der Waals surface area contributed by atoms with Crippen LogP contribution in [0, 0.1) is 5.82 Å². The summed E-state index contributed by atoms with van der Waals surface area (Å²) in [4.78, 5) is 14.2. The molecule has 1 aromatic heterocycles. The Morgan fingerprint density at radius 2 is 1.76 bits per heavy atom. The van der Waals surface area contributed by atoms with E-state index < -0.39 is 5.60 Å². The number of amides is 1. The van der Waals surface area contributed by atoms with E-state index in [0.717, 1.165) is 29.7 Å². The van der Waals surface area contributed by atoms with Gasteiger partial charge in [0.05, 0.1) is 12.6 Å². The number of aryl methyl sites for hydroxylation is 1. The van der Waals surface area contributed by atoms with Gasteiger partial charge in [0.1, 0.15) is 5.60 Å². The van der Waals surface area contributed by atoms with Gasteiger partial charge in [-0.25, -0.2) is 9.18 Å². The molecule has 1 fully saturated rings. The number of piperidine rings is 1. The first-order valence-electron chi connectivity index (χ1n) is 11.3. The first kappa shape index (κ1) is 23.0. The van der Waals surface area contributed by atoms with Gasteiger partial charge in [-0.1, -0.05) is 6.07 Å². The number of hydrogen-bond donors (Lipinski definition) is 1. The van der Waals surface area contributed by atoms with E-state index in [4.69, 9.17) is 9.47 Å². The number of methoxy groups -OCH3 is 1. The number of carbonyl (C=O) groups excluding carboxylic acids is 1. The standard InChI is InChI=1S/C26H32FN3O3/c1-26(2,3)33-25(31)30-12-10-17(11-13-30)21-16-29(4)23-14-18(6-8-20(21)23)28-19-7-9-22(27)24(15-19)32-5/h6-9,14-17,28H,10-13H2,1-5H3. The predicted octanol–water partition coefficient (Wildman–Crippen LogP) is 6.18. The molecule has 0 bridgehead atoms. The van der Waals surface area contributed by atoms with Crippen molar-refractivity contribution in [2.75, 3.05) is 25.5 Å². The van der Waals surface area contributed by atoms with Crippen molar-refractivity contribution in [2.24, 2.45) is 7.05 Å². The summed E-state index contributed by atoms with van der Waals surface area (Å²) in [7, 11) is 3.50. The van der Waals surface area contributed by atoms with Crippen LogP contribution in [-0.2, 0) is 11.8 Å². The third-order valence-electron chi connectivity index (χ3n) is 6.05. The average Bonchev–Trinajstić information content (AvgIpc) is 3.10. The number of nitrogens with zero attached hydrogens (tertiary/aromatic N) is 2. The van der Waals surface area contributed by atoms with E-state index in [1.54, 1.807) is 12.1 Å². The van der Waals surface area contributed by atoms with Gasteiger partial charge >= 0.3 is 6.09 Å². The Labute approximate surface area is 194 Å². The molecule has 2 heterocycles. The molecule has 0 atom stereocenters. The van der Waals surface area contributed by atoms with Gasteiger partial charge in [0.25, 0.3) is 0 Å². The topological polar surface area (TPSA) is 55.7 Å². The number of ether oxygens (including phenoxy) is 2. The highest BCUT2D eigenvalue weighted by Gasteiger charge is 2.28. The molecule has 1 aliphatic heterocycles. The van der Waals surface area contributed by atoms with Crippen molar-refractivity contribution in [3.05, 3.63) is 54.0 Å². The van der Waals surface area contributed by atoms with Gasteiger partial charge in [0.2, 0.25) is 0 Å². The van der Waals surface area contributed by atoms with Crippen LogP contribution in [0.1, 0.15) is 45.1 Å². The van der Waals surface area contributed by atoms with Gasteiger partial charge in [-0.2, -0.15) is 0 Å². The van der Waals surface area contributed by atoms with E-state index in [9.17, 15) is 9.18 Å². The monoisotopic (exact) mass is 453 g/mol. The lowest BCUT2D eigenvalue weighted by Crippen LogP contribution is -2.41. The number of fused-ring (bicyclic) bond motifs is 1. The van der Waals surface area contributed by atoms with Crippen molar-refractivity contribution >= 4 is 28.4 Å². The smallest absolute Gasteiger partial charge is 0.410 e. The zero-order valence-corrected chi connectivity index (χ0v) is 19.9. The molecule has 1 aliphatic rings. The fourth-order valence-electron chi connectivity index (χ4n) is 4.42. The Kier molecular flexibility index (Phi) is 6.23. The fraction of sp³-hybridized carbons (Fsp3) is 0.423. The molecule has 0 spiro atoms. The molecular formula is C26H32FN3O3. The van der Waals surface area contributed by atoms with Gasteiger partial charge in [-0.3, -0.25) is 0 Å². The van der Waals surface area contributed by atoms with Crippen LogP contribution in [0.4, 0.5) is 20.6 Å². The highest BCUT2D eigenvalue weighted by Crippen LogP contribution is 2.36. The third kappa shape index (κ3) is 5.07. The summed E-state index contributed by atoms with van der Waals surface area (Å²) in [5.74, 6) is 0.218. The van der Waals surface area contributed by atoms with Crippen LogP contribution in [-0.4, -0.2) is 41.4 Å². The maximum Gasteiger partial charge on any atom is 0.410 e. The van der Waals surface area contributed by atoms with Crippen molar-refractivity contribution < 1.29 is 18.7 Å². The van der Waals surface area contributed by atoms with Gasteiger partial charge in [-0.15, -0.1) is 0 Å². The SMILES string of the molecule is COc1cc(Nc2ccc3c(C4CCN(C(=O)OC(C)(C)C)CC4)cn(C)c3c2)ccc1F. The highest BCUT2D eigenvalue weighted by molar-refractivity contribution is 5.88. The van der Waals surface area contributed by atoms with Gasteiger partial charge in [0.15, 0.2) is 11.6 Å². The van der Waals surface area contributed by atoms with Crippen molar-refractivity contribution in [3.8, 4) is 5.75 Å². The molecule has 1 saturated heterocycles. The molecule has 0 unspecified atom stereocenters. The van der Waals surface area contributed by atoms with Crippen LogP contribution in [0.15, 0.2) is 42.6 Å². The van der Waals surface area contributed by atoms with Crippen molar-refractivity contribution in [1.29, 1.82) is 0 Å². The maximum absolute atomic E-state index is 13.7. The summed E-state index contributed by atoms with van der Waals surface area (Å²) in [5, 5.41) is 4.55. The lowest BCUT2D eigenvalue weighted by molar-refractivity contribution is 0.0205. The van der Waals surface area contributed by atoms with E-state index in [0.29, 0.717) is 19.0 Å². The Morgan fingerprint density at radius 1 is 1.09 bits per heavy atom. The first-order chi connectivity index (χ1) is 15.6. The quantitative estimate of drug-likeness (QED) is 0.512. The number of nitrogens with one attached hydrogen (secondary N) is 1. The lowest BCUT2D eigenvalue weighted by Gasteiger charge is -2.33. The molecule has 1 N–H and O–H groups in total. The number of hydrogen-bond acceptors (Lipinski definition) is 4. The van der Waals surface area contributed by atoms with Crippen LogP contribution >= 0.6 is 0 Å². The van der Waals surface area contributed by atoms with Gasteiger partial charge in [0, 0.05) is 49.2 Å². The molecule has 2 aromatic carbocycles. The van der Waals surface area contributed by atoms with Crippen LogP contribution in [0.2, 0.25) is 0 Å². The summed E-state index contributed by atoms with van der Waals surface area (Å²) >= 11 is 0. The number of carbonyl (C=O) groups is 1. The minimum Gasteiger partial charge on any atom is -0.494 e. The number of rotatable bonds is 4. The van der Waals surface area contributed by atoms with Crippen LogP contribution in [0.5, 0.6) is 5.75 Å². The maximum atomic E-state index is 13.7. The number of anilines is 2. The van der Waals surface area contributed by atoms with Crippen LogP contribution in [0.25, 0.3) is 10.9 Å². The highest BCUT2D eigenvalue weighted by atomic mass is 19.1. The average molecular weight is 454 g/mol. The zero-order chi connectivity index (χ0) is 23.8. The molecule has 6 nitrogen and oxygen atoms in total. The molecule has 0 radical (unpaired) electrons. The summed E-state index contributed by atoms with van der Waals surface area (Å²) in [6.45, 7) is 7.07. The number of halogens is 1. The third-order valence-corrected chi connectivity index (χ3v) is 6.05. The fourth-order valence-corrected chi connectivity index (χ4v) is 4.42. The second kappa shape index (κ2) is 8.96. The largest absolute Gasteiger partial charge is 0.494 e. The van der Waals surface area contributed by atoms with E-state index in [2.05, 4.69) is 28.2 Å².